The van der Waals surface area contributed by atoms with Crippen molar-refractivity contribution in [2.75, 3.05) is 0 Å². The van der Waals surface area contributed by atoms with Crippen LogP contribution in [0.15, 0.2) is 6.07 Å². The Bertz CT molecular complexity index is 468. The topological polar surface area (TPSA) is 74.6 Å². The largest absolute Gasteiger partial charge is 0.507 e. The van der Waals surface area contributed by atoms with E-state index in [9.17, 15) is 14.7 Å². The average molecular weight is 271 g/mol. The van der Waals surface area contributed by atoms with Gasteiger partial charge >= 0.3 is 5.97 Å². The molecule has 0 amide bonds. The molecule has 0 bridgehead atoms. The lowest BCUT2D eigenvalue weighted by molar-refractivity contribution is -0.137. The van der Waals surface area contributed by atoms with Crippen LogP contribution in [0.5, 0.6) is 5.75 Å². The molecule has 1 aromatic rings. The second-order valence-electron chi connectivity index (χ2n) is 4.19. The number of carboxylic acids is 1. The van der Waals surface area contributed by atoms with Crippen LogP contribution in [0.2, 0.25) is 5.02 Å². The number of rotatable bonds is 5. The molecule has 0 aliphatic carbocycles. The number of hydrogen-bond acceptors (Lipinski definition) is 3. The van der Waals surface area contributed by atoms with Crippen molar-refractivity contribution in [2.24, 2.45) is 0 Å². The van der Waals surface area contributed by atoms with Crippen LogP contribution in [0.4, 0.5) is 0 Å². The maximum atomic E-state index is 12.0. The standard InChI is InChI=1S/C13H15ClO4/c1-7-6-9(14)8(2)12(13(7)18)10(15)4-3-5-11(16)17/h6,18H,3-5H2,1-2H3,(H,16,17). The molecule has 0 saturated heterocycles. The number of ketones is 1. The quantitative estimate of drug-likeness (QED) is 0.806. The van der Waals surface area contributed by atoms with Crippen molar-refractivity contribution in [1.29, 1.82) is 0 Å². The summed E-state index contributed by atoms with van der Waals surface area (Å²) in [4.78, 5) is 22.3. The van der Waals surface area contributed by atoms with Crippen LogP contribution in [0.3, 0.4) is 0 Å². The van der Waals surface area contributed by atoms with E-state index in [0.717, 1.165) is 0 Å². The van der Waals surface area contributed by atoms with Crippen LogP contribution in [0.1, 0.15) is 40.7 Å². The lowest BCUT2D eigenvalue weighted by Gasteiger charge is -2.11. The van der Waals surface area contributed by atoms with E-state index in [0.29, 0.717) is 16.1 Å². The zero-order valence-electron chi connectivity index (χ0n) is 10.3. The minimum absolute atomic E-state index is 0.0644. The third-order valence-electron chi connectivity index (χ3n) is 2.76. The number of hydrogen-bond donors (Lipinski definition) is 2. The Morgan fingerprint density at radius 1 is 1.28 bits per heavy atom. The van der Waals surface area contributed by atoms with Gasteiger partial charge < -0.3 is 10.2 Å². The van der Waals surface area contributed by atoms with Crippen molar-refractivity contribution >= 4 is 23.4 Å². The fraction of sp³-hybridized carbons (Fsp3) is 0.385. The van der Waals surface area contributed by atoms with Crippen LogP contribution in [-0.2, 0) is 4.79 Å². The van der Waals surface area contributed by atoms with Crippen LogP contribution >= 0.6 is 11.6 Å². The number of carbonyl (C=O) groups is 2. The highest BCUT2D eigenvalue weighted by Gasteiger charge is 2.18. The summed E-state index contributed by atoms with van der Waals surface area (Å²) in [7, 11) is 0. The predicted molar refractivity (Wildman–Crippen MR) is 68.4 cm³/mol. The van der Waals surface area contributed by atoms with Crippen LogP contribution in [-0.4, -0.2) is 22.0 Å². The van der Waals surface area contributed by atoms with Gasteiger partial charge in [-0.3, -0.25) is 9.59 Å². The summed E-state index contributed by atoms with van der Waals surface area (Å²) in [6, 6.07) is 1.60. The smallest absolute Gasteiger partial charge is 0.303 e. The van der Waals surface area contributed by atoms with Gasteiger partial charge in [0.05, 0.1) is 5.56 Å². The monoisotopic (exact) mass is 270 g/mol. The molecule has 4 nitrogen and oxygen atoms in total. The van der Waals surface area contributed by atoms with Crippen LogP contribution in [0, 0.1) is 13.8 Å². The summed E-state index contributed by atoms with van der Waals surface area (Å²) >= 11 is 5.96. The van der Waals surface area contributed by atoms with Gasteiger partial charge in [0.25, 0.3) is 0 Å². The highest BCUT2D eigenvalue weighted by Crippen LogP contribution is 2.32. The number of aromatic hydroxyl groups is 1. The fourth-order valence-electron chi connectivity index (χ4n) is 1.73. The molecular weight excluding hydrogens is 256 g/mol. The second kappa shape index (κ2) is 5.87. The number of halogens is 1. The zero-order chi connectivity index (χ0) is 13.9. The van der Waals surface area contributed by atoms with Gasteiger partial charge in [0, 0.05) is 17.9 Å². The third kappa shape index (κ3) is 3.23. The maximum absolute atomic E-state index is 12.0. The van der Waals surface area contributed by atoms with Gasteiger partial charge in [0.2, 0.25) is 0 Å². The van der Waals surface area contributed by atoms with E-state index in [-0.39, 0.29) is 36.4 Å². The van der Waals surface area contributed by atoms with Gasteiger partial charge in [0.15, 0.2) is 5.78 Å². The van der Waals surface area contributed by atoms with E-state index >= 15 is 0 Å². The predicted octanol–water partition coefficient (Wildman–Crippen LogP) is 3.10. The molecule has 0 atom stereocenters. The van der Waals surface area contributed by atoms with E-state index in [1.807, 2.05) is 0 Å². The number of aryl methyl sites for hydroxylation is 1. The molecule has 0 unspecified atom stereocenters. The van der Waals surface area contributed by atoms with Gasteiger partial charge in [-0.25, -0.2) is 0 Å². The SMILES string of the molecule is Cc1cc(Cl)c(C)c(C(=O)CCCC(=O)O)c1O. The van der Waals surface area contributed by atoms with Crippen molar-refractivity contribution in [3.05, 3.63) is 27.8 Å². The van der Waals surface area contributed by atoms with Crippen molar-refractivity contribution < 1.29 is 19.8 Å². The number of aliphatic carboxylic acids is 1. The number of Topliss-reactive ketones (excluding diaryl/α,β-unsaturated/α-hetero) is 1. The number of carboxylic acid groups (broad SMARTS) is 1. The molecular formula is C13H15ClO4. The van der Waals surface area contributed by atoms with E-state index in [2.05, 4.69) is 0 Å². The summed E-state index contributed by atoms with van der Waals surface area (Å²) in [6.07, 6.45) is 0.268. The van der Waals surface area contributed by atoms with Crippen molar-refractivity contribution in [1.82, 2.24) is 0 Å². The summed E-state index contributed by atoms with van der Waals surface area (Å²) in [5.41, 5.74) is 1.26. The van der Waals surface area contributed by atoms with Gasteiger partial charge in [-0.05, 0) is 37.5 Å². The summed E-state index contributed by atoms with van der Waals surface area (Å²) in [6.45, 7) is 3.32. The van der Waals surface area contributed by atoms with Gasteiger partial charge in [0.1, 0.15) is 5.75 Å². The first kappa shape index (κ1) is 14.5. The molecule has 98 valence electrons. The minimum Gasteiger partial charge on any atom is -0.507 e. The average Bonchev–Trinajstić information content (AvgIpc) is 2.26. The fourth-order valence-corrected chi connectivity index (χ4v) is 1.99. The summed E-state index contributed by atoms with van der Waals surface area (Å²) < 4.78 is 0. The molecule has 0 saturated carbocycles. The molecule has 0 aliphatic heterocycles. The molecule has 0 fully saturated rings. The van der Waals surface area contributed by atoms with Gasteiger partial charge in [-0.2, -0.15) is 0 Å². The van der Waals surface area contributed by atoms with E-state index in [1.165, 1.54) is 0 Å². The first-order valence-electron chi connectivity index (χ1n) is 5.58. The highest BCUT2D eigenvalue weighted by atomic mass is 35.5. The van der Waals surface area contributed by atoms with E-state index in [1.54, 1.807) is 19.9 Å². The molecule has 18 heavy (non-hydrogen) atoms. The molecule has 5 heteroatoms. The Balaban J connectivity index is 2.95. The Labute approximate surface area is 110 Å². The molecule has 0 spiro atoms. The lowest BCUT2D eigenvalue weighted by Crippen LogP contribution is -2.05. The first-order chi connectivity index (χ1) is 8.34. The van der Waals surface area contributed by atoms with E-state index < -0.39 is 5.97 Å². The molecule has 0 radical (unpaired) electrons. The summed E-state index contributed by atoms with van der Waals surface area (Å²) in [5, 5.41) is 18.8. The maximum Gasteiger partial charge on any atom is 0.303 e. The molecule has 1 aromatic carbocycles. The molecule has 0 heterocycles. The molecule has 1 rings (SSSR count). The van der Waals surface area contributed by atoms with E-state index in [4.69, 9.17) is 16.7 Å². The second-order valence-corrected chi connectivity index (χ2v) is 4.60. The molecule has 2 N–H and O–H groups in total. The van der Waals surface area contributed by atoms with Crippen molar-refractivity contribution in [2.45, 2.75) is 33.1 Å². The highest BCUT2D eigenvalue weighted by molar-refractivity contribution is 6.32. The zero-order valence-corrected chi connectivity index (χ0v) is 11.0. The molecule has 0 aliphatic rings. The van der Waals surface area contributed by atoms with Gasteiger partial charge in [-0.15, -0.1) is 0 Å². The lowest BCUT2D eigenvalue weighted by atomic mass is 9.97. The minimum atomic E-state index is -0.939. The van der Waals surface area contributed by atoms with Gasteiger partial charge in [-0.1, -0.05) is 11.6 Å². The van der Waals surface area contributed by atoms with Crippen LogP contribution < -0.4 is 0 Å². The number of phenolic OH excluding ortho intramolecular Hbond substituents is 1. The van der Waals surface area contributed by atoms with Crippen LogP contribution in [0.25, 0.3) is 0 Å². The Morgan fingerprint density at radius 2 is 1.89 bits per heavy atom. The van der Waals surface area contributed by atoms with Crippen molar-refractivity contribution in [3.8, 4) is 5.75 Å². The third-order valence-corrected chi connectivity index (χ3v) is 3.15. The first-order valence-corrected chi connectivity index (χ1v) is 5.96. The Kier molecular flexibility index (Phi) is 4.73. The Hall–Kier alpha value is -1.55. The molecule has 0 aromatic heterocycles. The normalized spacial score (nSPS) is 10.4. The number of carbonyl (C=O) groups excluding carboxylic acids is 1. The summed E-state index contributed by atoms with van der Waals surface area (Å²) in [5.74, 6) is -1.29. The Morgan fingerprint density at radius 3 is 2.44 bits per heavy atom. The van der Waals surface area contributed by atoms with Crippen molar-refractivity contribution in [3.63, 3.8) is 0 Å². The number of benzene rings is 1. The number of phenols is 1.